The summed E-state index contributed by atoms with van der Waals surface area (Å²) in [6.45, 7) is 2.17. The van der Waals surface area contributed by atoms with Gasteiger partial charge in [-0.25, -0.2) is 4.79 Å². The summed E-state index contributed by atoms with van der Waals surface area (Å²) in [6.07, 6.45) is 6.97. The molecule has 0 heterocycles. The summed E-state index contributed by atoms with van der Waals surface area (Å²) < 4.78 is 4.79. The van der Waals surface area contributed by atoms with E-state index in [0.717, 1.165) is 19.3 Å². The van der Waals surface area contributed by atoms with Crippen LogP contribution in [0.3, 0.4) is 0 Å². The van der Waals surface area contributed by atoms with Crippen molar-refractivity contribution < 1.29 is 45.3 Å². The molecule has 4 heteroatoms. The van der Waals surface area contributed by atoms with Crippen LogP contribution in [0, 0.1) is 0 Å². The van der Waals surface area contributed by atoms with Crippen molar-refractivity contribution in [3.8, 4) is 0 Å². The molecule has 1 aromatic rings. The maximum Gasteiger partial charge on any atom is 1.00 e. The second-order valence-corrected chi connectivity index (χ2v) is 4.65. The predicted octanol–water partition coefficient (Wildman–Crippen LogP) is 1.24. The third-order valence-electron chi connectivity index (χ3n) is 2.95. The monoisotopic (exact) mass is 286 g/mol. The first-order valence-corrected chi connectivity index (χ1v) is 7.04. The summed E-state index contributed by atoms with van der Waals surface area (Å²) in [5, 5.41) is 0. The Labute approximate surface area is 144 Å². The van der Waals surface area contributed by atoms with E-state index in [1.165, 1.54) is 19.3 Å². The zero-order valence-electron chi connectivity index (χ0n) is 13.6. The van der Waals surface area contributed by atoms with E-state index in [9.17, 15) is 9.59 Å². The van der Waals surface area contributed by atoms with Crippen molar-refractivity contribution in [2.75, 3.05) is 0 Å². The Hall–Kier alpha value is -0.640. The van der Waals surface area contributed by atoms with Crippen LogP contribution in [0.4, 0.5) is 0 Å². The van der Waals surface area contributed by atoms with Crippen molar-refractivity contribution in [2.45, 2.75) is 51.9 Å². The molecule has 3 nitrogen and oxygen atoms in total. The molecule has 1 aromatic carbocycles. The third kappa shape index (κ3) is 8.51. The van der Waals surface area contributed by atoms with Crippen LogP contribution in [0.2, 0.25) is 0 Å². The van der Waals surface area contributed by atoms with Gasteiger partial charge in [-0.1, -0.05) is 57.2 Å². The van der Waals surface area contributed by atoms with Crippen molar-refractivity contribution in [3.63, 3.8) is 0 Å². The number of rotatable bonds is 8. The van der Waals surface area contributed by atoms with Gasteiger partial charge in [-0.2, -0.15) is 0 Å². The summed E-state index contributed by atoms with van der Waals surface area (Å²) in [5.74, 6) is -0.985. The standard InChI is InChI=1S/C16H22O3.Na.H/c1-2-3-4-5-6-10-13-15(17)19-16(18)14-11-8-7-9-12-14;;/h7-9,11-12H,2-6,10,13H2,1H3;;/q;+1;-1. The number of ether oxygens (including phenoxy) is 1. The van der Waals surface area contributed by atoms with E-state index < -0.39 is 11.9 Å². The van der Waals surface area contributed by atoms with Crippen molar-refractivity contribution in [1.29, 1.82) is 0 Å². The zero-order chi connectivity index (χ0) is 13.9. The largest absolute Gasteiger partial charge is 1.00 e. The normalized spacial score (nSPS) is 9.65. The van der Waals surface area contributed by atoms with E-state index in [4.69, 9.17) is 4.74 Å². The number of carbonyl (C=O) groups excluding carboxylic acids is 2. The van der Waals surface area contributed by atoms with Gasteiger partial charge in [-0.3, -0.25) is 4.79 Å². The molecule has 0 spiro atoms. The van der Waals surface area contributed by atoms with Gasteiger partial charge in [0.15, 0.2) is 0 Å². The van der Waals surface area contributed by atoms with E-state index >= 15 is 0 Å². The Bertz CT molecular complexity index is 396. The minimum absolute atomic E-state index is 0. The molecule has 1 rings (SSSR count). The second kappa shape index (κ2) is 12.1. The topological polar surface area (TPSA) is 43.4 Å². The molecule has 0 unspecified atom stereocenters. The van der Waals surface area contributed by atoms with Gasteiger partial charge >= 0.3 is 41.5 Å². The summed E-state index contributed by atoms with van der Waals surface area (Å²) in [5.41, 5.74) is 0.416. The van der Waals surface area contributed by atoms with E-state index in [2.05, 4.69) is 6.92 Å². The Morgan fingerprint density at radius 1 is 1.00 bits per heavy atom. The minimum Gasteiger partial charge on any atom is -1.00 e. The average molecular weight is 286 g/mol. The van der Waals surface area contributed by atoms with E-state index in [1.54, 1.807) is 24.3 Å². The smallest absolute Gasteiger partial charge is 1.00 e. The fraction of sp³-hybridized carbons (Fsp3) is 0.500. The minimum atomic E-state index is -0.559. The van der Waals surface area contributed by atoms with Crippen molar-refractivity contribution in [3.05, 3.63) is 35.9 Å². The third-order valence-corrected chi connectivity index (χ3v) is 2.95. The Balaban J connectivity index is 0. The summed E-state index contributed by atoms with van der Waals surface area (Å²) in [6, 6.07) is 8.58. The molecule has 0 aliphatic carbocycles. The fourth-order valence-electron chi connectivity index (χ4n) is 1.84. The molecule has 106 valence electrons. The summed E-state index contributed by atoms with van der Waals surface area (Å²) in [7, 11) is 0. The SMILES string of the molecule is CCCCCCCCC(=O)OC(=O)c1ccccc1.[H-].[Na+]. The average Bonchev–Trinajstić information content (AvgIpc) is 2.43. The molecule has 0 atom stereocenters. The number of esters is 2. The van der Waals surface area contributed by atoms with E-state index in [1.807, 2.05) is 6.07 Å². The fourth-order valence-corrected chi connectivity index (χ4v) is 1.84. The first-order valence-electron chi connectivity index (χ1n) is 7.04. The van der Waals surface area contributed by atoms with Crippen LogP contribution < -0.4 is 29.6 Å². The number of unbranched alkanes of at least 4 members (excludes halogenated alkanes) is 5. The van der Waals surface area contributed by atoms with Gasteiger partial charge in [-0.15, -0.1) is 0 Å². The molecular weight excluding hydrogens is 263 g/mol. The number of benzene rings is 1. The van der Waals surface area contributed by atoms with Crippen LogP contribution in [-0.2, 0) is 9.53 Å². The molecule has 0 aliphatic heterocycles. The predicted molar refractivity (Wildman–Crippen MR) is 76.0 cm³/mol. The Morgan fingerprint density at radius 3 is 2.25 bits per heavy atom. The Morgan fingerprint density at radius 2 is 1.60 bits per heavy atom. The first kappa shape index (κ1) is 19.4. The van der Waals surface area contributed by atoms with Crippen LogP contribution in [0.25, 0.3) is 0 Å². The maximum absolute atomic E-state index is 11.6. The molecule has 0 amide bonds. The van der Waals surface area contributed by atoms with E-state index in [-0.39, 0.29) is 31.0 Å². The molecule has 0 N–H and O–H groups in total. The van der Waals surface area contributed by atoms with Crippen LogP contribution in [-0.4, -0.2) is 11.9 Å². The number of hydrogen-bond donors (Lipinski definition) is 0. The van der Waals surface area contributed by atoms with Crippen LogP contribution in [0.15, 0.2) is 30.3 Å². The first-order chi connectivity index (χ1) is 9.24. The van der Waals surface area contributed by atoms with Crippen molar-refractivity contribution >= 4 is 11.9 Å². The van der Waals surface area contributed by atoms with Crippen LogP contribution in [0.1, 0.15) is 63.7 Å². The Kier molecular flexibility index (Phi) is 11.7. The molecule has 0 saturated carbocycles. The van der Waals surface area contributed by atoms with Crippen molar-refractivity contribution in [2.24, 2.45) is 0 Å². The molecule has 0 bridgehead atoms. The van der Waals surface area contributed by atoms with Gasteiger partial charge in [0.25, 0.3) is 0 Å². The molecule has 0 aliphatic rings. The van der Waals surface area contributed by atoms with E-state index in [0.29, 0.717) is 12.0 Å². The van der Waals surface area contributed by atoms with Crippen molar-refractivity contribution in [1.82, 2.24) is 0 Å². The zero-order valence-corrected chi connectivity index (χ0v) is 14.6. The second-order valence-electron chi connectivity index (χ2n) is 4.65. The number of hydrogen-bond acceptors (Lipinski definition) is 3. The maximum atomic E-state index is 11.6. The van der Waals surface area contributed by atoms with Gasteiger partial charge in [-0.05, 0) is 18.6 Å². The molecule has 0 radical (unpaired) electrons. The van der Waals surface area contributed by atoms with Gasteiger partial charge in [0, 0.05) is 6.42 Å². The molecule has 0 aromatic heterocycles. The van der Waals surface area contributed by atoms with Gasteiger partial charge < -0.3 is 6.16 Å². The number of carbonyl (C=O) groups is 2. The van der Waals surface area contributed by atoms with Crippen LogP contribution in [0.5, 0.6) is 0 Å². The molecule has 0 saturated heterocycles. The molecule has 0 fully saturated rings. The van der Waals surface area contributed by atoms with Crippen LogP contribution >= 0.6 is 0 Å². The van der Waals surface area contributed by atoms with Gasteiger partial charge in [0.2, 0.25) is 0 Å². The summed E-state index contributed by atoms with van der Waals surface area (Å²) in [4.78, 5) is 23.1. The van der Waals surface area contributed by atoms with Gasteiger partial charge in [0.1, 0.15) is 0 Å². The quantitative estimate of drug-likeness (QED) is 0.312. The molecular formula is C16H23NaO3. The summed E-state index contributed by atoms with van der Waals surface area (Å²) >= 11 is 0. The molecule has 20 heavy (non-hydrogen) atoms. The van der Waals surface area contributed by atoms with Gasteiger partial charge in [0.05, 0.1) is 5.56 Å².